The van der Waals surface area contributed by atoms with E-state index in [0.717, 1.165) is 46.3 Å². The first-order chi connectivity index (χ1) is 14.3. The average molecular weight is 381 g/mol. The van der Waals surface area contributed by atoms with Crippen molar-refractivity contribution in [3.05, 3.63) is 95.4 Å². The van der Waals surface area contributed by atoms with E-state index in [1.54, 1.807) is 7.11 Å². The van der Waals surface area contributed by atoms with Crippen molar-refractivity contribution in [2.75, 3.05) is 7.11 Å². The zero-order valence-corrected chi connectivity index (χ0v) is 15.9. The van der Waals surface area contributed by atoms with Gasteiger partial charge in [-0.15, -0.1) is 0 Å². The van der Waals surface area contributed by atoms with Crippen molar-refractivity contribution in [3.8, 4) is 11.5 Å². The number of hydrogen-bond acceptors (Lipinski definition) is 5. The maximum absolute atomic E-state index is 6.23. The van der Waals surface area contributed by atoms with Crippen molar-refractivity contribution in [2.24, 2.45) is 9.98 Å². The third kappa shape index (κ3) is 2.40. The van der Waals surface area contributed by atoms with E-state index in [0.29, 0.717) is 5.88 Å². The molecule has 2 unspecified atom stereocenters. The molecule has 0 N–H and O–H groups in total. The van der Waals surface area contributed by atoms with Crippen molar-refractivity contribution in [1.29, 1.82) is 0 Å². The van der Waals surface area contributed by atoms with Gasteiger partial charge in [-0.2, -0.15) is 4.99 Å². The van der Waals surface area contributed by atoms with Crippen molar-refractivity contribution in [1.82, 2.24) is 4.90 Å². The molecule has 1 aliphatic carbocycles. The summed E-state index contributed by atoms with van der Waals surface area (Å²) in [5.74, 6) is 4.03. The predicted octanol–water partition coefficient (Wildman–Crippen LogP) is 3.88. The van der Waals surface area contributed by atoms with Crippen LogP contribution < -0.4 is 9.47 Å². The van der Waals surface area contributed by atoms with E-state index >= 15 is 0 Å². The Kier molecular flexibility index (Phi) is 3.50. The first-order valence-electron chi connectivity index (χ1n) is 9.77. The molecular weight excluding hydrogens is 362 g/mol. The zero-order chi connectivity index (χ0) is 19.4. The molecule has 5 heteroatoms. The van der Waals surface area contributed by atoms with Crippen LogP contribution in [0.2, 0.25) is 0 Å². The Morgan fingerprint density at radius 2 is 1.83 bits per heavy atom. The fourth-order valence-electron chi connectivity index (χ4n) is 4.37. The number of ether oxygens (including phenoxy) is 2. The summed E-state index contributed by atoms with van der Waals surface area (Å²) in [7, 11) is 1.69. The summed E-state index contributed by atoms with van der Waals surface area (Å²) in [4.78, 5) is 12.3. The van der Waals surface area contributed by atoms with Gasteiger partial charge >= 0.3 is 0 Å². The Labute approximate surface area is 169 Å². The van der Waals surface area contributed by atoms with Crippen LogP contribution in [0.3, 0.4) is 0 Å². The first kappa shape index (κ1) is 16.4. The Morgan fingerprint density at radius 3 is 2.76 bits per heavy atom. The van der Waals surface area contributed by atoms with Crippen LogP contribution in [0.25, 0.3) is 0 Å². The van der Waals surface area contributed by atoms with E-state index < -0.39 is 0 Å². The highest BCUT2D eigenvalue weighted by Crippen LogP contribution is 2.39. The number of methoxy groups -OCH3 is 1. The van der Waals surface area contributed by atoms with Crippen molar-refractivity contribution in [3.63, 3.8) is 0 Å². The van der Waals surface area contributed by atoms with E-state index in [2.05, 4.69) is 35.3 Å². The summed E-state index contributed by atoms with van der Waals surface area (Å²) in [6.45, 7) is 0. The predicted molar refractivity (Wildman–Crippen MR) is 112 cm³/mol. The SMILES string of the molecule is COc1ccccc1C1=NC2=C(Cc3ccccc3O2)C2=NC3C=CC=CC3N21. The first-order valence-corrected chi connectivity index (χ1v) is 9.77. The number of allylic oxidation sites excluding steroid dienone is 2. The lowest BCUT2D eigenvalue weighted by Gasteiger charge is -2.35. The standard InChI is InChI=1S/C24H19N3O2/c1-28-21-13-7-3-9-16(21)22-26-24-17(14-15-8-2-6-12-20(15)29-24)23-25-18-10-4-5-11-19(18)27(22)23/h2-13,18-19H,14H2,1H3. The van der Waals surface area contributed by atoms with E-state index in [9.17, 15) is 0 Å². The quantitative estimate of drug-likeness (QED) is 0.793. The van der Waals surface area contributed by atoms with Gasteiger partial charge in [-0.3, -0.25) is 4.99 Å². The lowest BCUT2D eigenvalue weighted by Crippen LogP contribution is -2.47. The van der Waals surface area contributed by atoms with Crippen LogP contribution >= 0.6 is 0 Å². The second-order valence-electron chi connectivity index (χ2n) is 7.38. The second kappa shape index (κ2) is 6.21. The smallest absolute Gasteiger partial charge is 0.228 e. The van der Waals surface area contributed by atoms with Crippen LogP contribution in [-0.2, 0) is 6.42 Å². The molecule has 2 aromatic carbocycles. The molecule has 0 fully saturated rings. The fraction of sp³-hybridized carbons (Fsp3) is 0.167. The van der Waals surface area contributed by atoms with Crippen LogP contribution in [-0.4, -0.2) is 35.8 Å². The largest absolute Gasteiger partial charge is 0.496 e. The number of nitrogens with zero attached hydrogens (tertiary/aromatic N) is 3. The molecule has 5 nitrogen and oxygen atoms in total. The van der Waals surface area contributed by atoms with Crippen molar-refractivity contribution >= 4 is 11.7 Å². The maximum Gasteiger partial charge on any atom is 0.228 e. The Hall–Kier alpha value is -3.60. The molecule has 0 bridgehead atoms. The van der Waals surface area contributed by atoms with Gasteiger partial charge in [0.2, 0.25) is 5.88 Å². The van der Waals surface area contributed by atoms with Gasteiger partial charge in [0.25, 0.3) is 0 Å². The Balaban J connectivity index is 1.55. The van der Waals surface area contributed by atoms with Gasteiger partial charge in [-0.25, -0.2) is 0 Å². The third-order valence-corrected chi connectivity index (χ3v) is 5.73. The topological polar surface area (TPSA) is 46.4 Å². The molecule has 4 aliphatic rings. The van der Waals surface area contributed by atoms with Gasteiger partial charge in [0, 0.05) is 6.42 Å². The monoisotopic (exact) mass is 381 g/mol. The molecule has 0 amide bonds. The number of benzene rings is 2. The summed E-state index contributed by atoms with van der Waals surface area (Å²) in [5, 5.41) is 0. The number of aliphatic imine (C=N–C) groups is 2. The summed E-state index contributed by atoms with van der Waals surface area (Å²) in [5.41, 5.74) is 3.13. The van der Waals surface area contributed by atoms with Gasteiger partial charge in [0.05, 0.1) is 30.3 Å². The lowest BCUT2D eigenvalue weighted by atomic mass is 9.97. The fourth-order valence-corrected chi connectivity index (χ4v) is 4.37. The minimum Gasteiger partial charge on any atom is -0.496 e. The molecule has 0 radical (unpaired) electrons. The lowest BCUT2D eigenvalue weighted by molar-refractivity contribution is 0.389. The molecule has 0 saturated carbocycles. The minimum absolute atomic E-state index is 0.0685. The van der Waals surface area contributed by atoms with E-state index in [1.165, 1.54) is 0 Å². The highest BCUT2D eigenvalue weighted by atomic mass is 16.5. The number of fused-ring (bicyclic) bond motifs is 5. The molecule has 0 aromatic heterocycles. The van der Waals surface area contributed by atoms with Crippen LogP contribution in [0, 0.1) is 0 Å². The van der Waals surface area contributed by atoms with Gasteiger partial charge in [-0.1, -0.05) is 54.6 Å². The van der Waals surface area contributed by atoms with Gasteiger partial charge in [-0.05, 0) is 23.8 Å². The Bertz CT molecular complexity index is 1170. The molecule has 0 spiro atoms. The van der Waals surface area contributed by atoms with E-state index in [-0.39, 0.29) is 12.1 Å². The Morgan fingerprint density at radius 1 is 1.00 bits per heavy atom. The van der Waals surface area contributed by atoms with Crippen LogP contribution in [0.4, 0.5) is 0 Å². The van der Waals surface area contributed by atoms with Gasteiger partial charge in [0.1, 0.15) is 23.2 Å². The number of rotatable bonds is 2. The maximum atomic E-state index is 6.23. The molecule has 29 heavy (non-hydrogen) atoms. The summed E-state index contributed by atoms with van der Waals surface area (Å²) in [6, 6.07) is 16.3. The van der Waals surface area contributed by atoms with Gasteiger partial charge in [0.15, 0.2) is 0 Å². The number of amidine groups is 2. The number of para-hydroxylation sites is 2. The van der Waals surface area contributed by atoms with E-state index in [4.69, 9.17) is 19.5 Å². The van der Waals surface area contributed by atoms with Crippen molar-refractivity contribution in [2.45, 2.75) is 18.5 Å². The van der Waals surface area contributed by atoms with Gasteiger partial charge < -0.3 is 14.4 Å². The molecular formula is C24H19N3O2. The zero-order valence-electron chi connectivity index (χ0n) is 15.9. The van der Waals surface area contributed by atoms with Crippen molar-refractivity contribution < 1.29 is 9.47 Å². The molecule has 2 atom stereocenters. The van der Waals surface area contributed by atoms with Crippen LogP contribution in [0.1, 0.15) is 11.1 Å². The molecule has 6 rings (SSSR count). The third-order valence-electron chi connectivity index (χ3n) is 5.73. The minimum atomic E-state index is 0.0685. The molecule has 142 valence electrons. The average Bonchev–Trinajstić information content (AvgIpc) is 3.17. The summed E-state index contributed by atoms with van der Waals surface area (Å²) in [6.07, 6.45) is 9.24. The molecule has 0 saturated heterocycles. The summed E-state index contributed by atoms with van der Waals surface area (Å²) < 4.78 is 11.9. The number of hydrogen-bond donors (Lipinski definition) is 0. The highest BCUT2D eigenvalue weighted by Gasteiger charge is 2.44. The normalized spacial score (nSPS) is 23.4. The van der Waals surface area contributed by atoms with Crippen LogP contribution in [0.15, 0.2) is 94.3 Å². The highest BCUT2D eigenvalue weighted by molar-refractivity contribution is 6.19. The molecule has 2 aromatic rings. The second-order valence-corrected chi connectivity index (χ2v) is 7.38. The molecule has 3 aliphatic heterocycles. The molecule has 3 heterocycles. The van der Waals surface area contributed by atoms with Crippen LogP contribution in [0.5, 0.6) is 11.5 Å². The van der Waals surface area contributed by atoms with E-state index in [1.807, 2.05) is 42.5 Å². The summed E-state index contributed by atoms with van der Waals surface area (Å²) >= 11 is 0.